The molecular weight excluding hydrogens is 210 g/mol. The van der Waals surface area contributed by atoms with E-state index < -0.39 is 0 Å². The molecule has 2 heterocycles. The Kier molecular flexibility index (Phi) is 3.96. The molecule has 0 aliphatic carbocycles. The van der Waals surface area contributed by atoms with Crippen LogP contribution in [0.1, 0.15) is 25.6 Å². The highest BCUT2D eigenvalue weighted by Gasteiger charge is 2.18. The maximum Gasteiger partial charge on any atom is 0.165 e. The number of nitrogens with one attached hydrogen (secondary N) is 1. The van der Waals surface area contributed by atoms with E-state index in [0.29, 0.717) is 5.25 Å². The second-order valence-electron chi connectivity index (χ2n) is 3.69. The zero-order valence-electron chi connectivity index (χ0n) is 9.02. The molecule has 6 heteroatoms. The lowest BCUT2D eigenvalue weighted by molar-refractivity contribution is 0.526. The second-order valence-corrected chi connectivity index (χ2v) is 5.10. The van der Waals surface area contributed by atoms with Gasteiger partial charge in [0, 0.05) is 5.25 Å². The Morgan fingerprint density at radius 1 is 1.60 bits per heavy atom. The maximum atomic E-state index is 4.03. The fraction of sp³-hybridized carbons (Fsp3) is 0.889. The highest BCUT2D eigenvalue weighted by molar-refractivity contribution is 8.00. The van der Waals surface area contributed by atoms with Crippen molar-refractivity contribution >= 4 is 11.8 Å². The molecule has 1 aliphatic rings. The molecule has 1 fully saturated rings. The van der Waals surface area contributed by atoms with Gasteiger partial charge in [-0.2, -0.15) is 11.8 Å². The van der Waals surface area contributed by atoms with Crippen molar-refractivity contribution in [2.24, 2.45) is 0 Å². The summed E-state index contributed by atoms with van der Waals surface area (Å²) in [5.74, 6) is 2.24. The molecule has 2 rings (SSSR count). The van der Waals surface area contributed by atoms with Gasteiger partial charge in [0.25, 0.3) is 0 Å². The lowest BCUT2D eigenvalue weighted by Crippen LogP contribution is -2.20. The molecule has 1 aromatic rings. The molecule has 0 saturated carbocycles. The molecule has 84 valence electrons. The molecule has 0 bridgehead atoms. The third-order valence-electron chi connectivity index (χ3n) is 2.54. The number of hydrogen-bond donors (Lipinski definition) is 1. The van der Waals surface area contributed by atoms with Gasteiger partial charge in [-0.25, -0.2) is 4.68 Å². The predicted octanol–water partition coefficient (Wildman–Crippen LogP) is 0.678. The molecule has 5 nitrogen and oxygen atoms in total. The van der Waals surface area contributed by atoms with Crippen molar-refractivity contribution in [1.29, 1.82) is 0 Å². The Labute approximate surface area is 94.0 Å². The monoisotopic (exact) mass is 227 g/mol. The summed E-state index contributed by atoms with van der Waals surface area (Å²) in [5, 5.41) is 15.7. The summed E-state index contributed by atoms with van der Waals surface area (Å²) in [6.07, 6.45) is 2.63. The number of aromatic nitrogens is 4. The van der Waals surface area contributed by atoms with Crippen molar-refractivity contribution in [1.82, 2.24) is 25.5 Å². The first kappa shape index (κ1) is 10.9. The quantitative estimate of drug-likeness (QED) is 0.801. The van der Waals surface area contributed by atoms with Gasteiger partial charge >= 0.3 is 0 Å². The Morgan fingerprint density at radius 3 is 3.27 bits per heavy atom. The average molecular weight is 227 g/mol. The number of hydrogen-bond acceptors (Lipinski definition) is 5. The fourth-order valence-corrected chi connectivity index (χ4v) is 2.96. The molecular formula is C9H17N5S. The number of thioether (sulfide) groups is 1. The SMILES string of the molecule is CCNCc1nnnn1CC1CCCS1. The largest absolute Gasteiger partial charge is 0.310 e. The van der Waals surface area contributed by atoms with Crippen LogP contribution in [0.2, 0.25) is 0 Å². The number of nitrogens with zero attached hydrogens (tertiary/aromatic N) is 4. The van der Waals surface area contributed by atoms with Crippen LogP contribution in [-0.2, 0) is 13.1 Å². The third-order valence-corrected chi connectivity index (χ3v) is 3.92. The predicted molar refractivity (Wildman–Crippen MR) is 60.7 cm³/mol. The van der Waals surface area contributed by atoms with Crippen molar-refractivity contribution in [3.05, 3.63) is 5.82 Å². The van der Waals surface area contributed by atoms with Crippen molar-refractivity contribution in [3.63, 3.8) is 0 Å². The molecule has 1 unspecified atom stereocenters. The molecule has 15 heavy (non-hydrogen) atoms. The van der Waals surface area contributed by atoms with Crippen LogP contribution in [0.5, 0.6) is 0 Å². The lowest BCUT2D eigenvalue weighted by atomic mass is 10.2. The van der Waals surface area contributed by atoms with Crippen LogP contribution in [0.25, 0.3) is 0 Å². The normalized spacial score (nSPS) is 21.0. The lowest BCUT2D eigenvalue weighted by Gasteiger charge is -2.09. The van der Waals surface area contributed by atoms with Gasteiger partial charge in [0.1, 0.15) is 0 Å². The smallest absolute Gasteiger partial charge is 0.165 e. The Hall–Kier alpha value is -0.620. The van der Waals surface area contributed by atoms with Crippen molar-refractivity contribution in [2.75, 3.05) is 12.3 Å². The minimum atomic E-state index is 0.703. The van der Waals surface area contributed by atoms with Crippen molar-refractivity contribution in [3.8, 4) is 0 Å². The fourth-order valence-electron chi connectivity index (χ4n) is 1.71. The van der Waals surface area contributed by atoms with Crippen molar-refractivity contribution in [2.45, 2.75) is 38.1 Å². The minimum absolute atomic E-state index is 0.703. The zero-order valence-corrected chi connectivity index (χ0v) is 9.83. The molecule has 0 amide bonds. The van der Waals surface area contributed by atoms with Crippen LogP contribution in [0.4, 0.5) is 0 Å². The van der Waals surface area contributed by atoms with Gasteiger partial charge in [0.2, 0.25) is 0 Å². The standard InChI is InChI=1S/C9H17N5S/c1-2-10-6-9-11-12-13-14(9)7-8-4-3-5-15-8/h8,10H,2-7H2,1H3. The van der Waals surface area contributed by atoms with E-state index in [9.17, 15) is 0 Å². The van der Waals surface area contributed by atoms with Crippen molar-refractivity contribution < 1.29 is 0 Å². The molecule has 1 saturated heterocycles. The van der Waals surface area contributed by atoms with E-state index in [1.54, 1.807) is 0 Å². The van der Waals surface area contributed by atoms with Gasteiger partial charge in [0.05, 0.1) is 13.1 Å². The first-order valence-corrected chi connectivity index (χ1v) is 6.52. The molecule has 0 spiro atoms. The van der Waals surface area contributed by atoms with Gasteiger partial charge in [-0.1, -0.05) is 6.92 Å². The summed E-state index contributed by atoms with van der Waals surface area (Å²) in [6, 6.07) is 0. The van der Waals surface area contributed by atoms with Crippen LogP contribution in [0.15, 0.2) is 0 Å². The summed E-state index contributed by atoms with van der Waals surface area (Å²) >= 11 is 2.04. The van der Waals surface area contributed by atoms with Gasteiger partial charge in [0.15, 0.2) is 5.82 Å². The van der Waals surface area contributed by atoms with Crippen LogP contribution in [0.3, 0.4) is 0 Å². The van der Waals surface area contributed by atoms with Gasteiger partial charge < -0.3 is 5.32 Å². The third kappa shape index (κ3) is 2.92. The Bertz CT molecular complexity index is 294. The van der Waals surface area contributed by atoms with Crippen LogP contribution in [0, 0.1) is 0 Å². The topological polar surface area (TPSA) is 55.6 Å². The molecule has 0 radical (unpaired) electrons. The molecule has 1 N–H and O–H groups in total. The van der Waals surface area contributed by atoms with Crippen LogP contribution >= 0.6 is 11.8 Å². The van der Waals surface area contributed by atoms with E-state index in [-0.39, 0.29) is 0 Å². The van der Waals surface area contributed by atoms with E-state index in [4.69, 9.17) is 0 Å². The van der Waals surface area contributed by atoms with Gasteiger partial charge in [-0.3, -0.25) is 0 Å². The average Bonchev–Trinajstić information content (AvgIpc) is 2.87. The van der Waals surface area contributed by atoms with E-state index in [1.165, 1.54) is 18.6 Å². The van der Waals surface area contributed by atoms with E-state index in [2.05, 4.69) is 27.8 Å². The molecule has 0 aromatic carbocycles. The summed E-state index contributed by atoms with van der Waals surface area (Å²) in [7, 11) is 0. The summed E-state index contributed by atoms with van der Waals surface area (Å²) in [5.41, 5.74) is 0. The van der Waals surface area contributed by atoms with E-state index in [0.717, 1.165) is 25.5 Å². The van der Waals surface area contributed by atoms with E-state index >= 15 is 0 Å². The van der Waals surface area contributed by atoms with Crippen LogP contribution < -0.4 is 5.32 Å². The second kappa shape index (κ2) is 5.46. The maximum absolute atomic E-state index is 4.03. The highest BCUT2D eigenvalue weighted by atomic mass is 32.2. The van der Waals surface area contributed by atoms with Gasteiger partial charge in [-0.05, 0) is 35.6 Å². The summed E-state index contributed by atoms with van der Waals surface area (Å²) in [4.78, 5) is 0. The summed E-state index contributed by atoms with van der Waals surface area (Å²) < 4.78 is 1.94. The first-order chi connectivity index (χ1) is 7.40. The molecule has 1 aliphatic heterocycles. The highest BCUT2D eigenvalue weighted by Crippen LogP contribution is 2.27. The summed E-state index contributed by atoms with van der Waals surface area (Å²) in [6.45, 7) is 4.76. The minimum Gasteiger partial charge on any atom is -0.310 e. The van der Waals surface area contributed by atoms with E-state index in [1.807, 2.05) is 16.4 Å². The number of tetrazole rings is 1. The van der Waals surface area contributed by atoms with Crippen LogP contribution in [-0.4, -0.2) is 37.8 Å². The van der Waals surface area contributed by atoms with Gasteiger partial charge in [-0.15, -0.1) is 5.10 Å². The first-order valence-electron chi connectivity index (χ1n) is 5.47. The zero-order chi connectivity index (χ0) is 10.5. The number of rotatable bonds is 5. The Balaban J connectivity index is 1.91. The molecule has 1 atom stereocenters. The Morgan fingerprint density at radius 2 is 2.53 bits per heavy atom. The molecule has 1 aromatic heterocycles.